The third-order valence-corrected chi connectivity index (χ3v) is 3.83. The molecular formula is C17H28FN. The number of nitrogens with one attached hydrogen (secondary N) is 1. The van der Waals surface area contributed by atoms with Crippen LogP contribution in [0.1, 0.15) is 52.2 Å². The van der Waals surface area contributed by atoms with Crippen LogP contribution in [0.3, 0.4) is 0 Å². The van der Waals surface area contributed by atoms with Crippen LogP contribution in [-0.4, -0.2) is 12.1 Å². The highest BCUT2D eigenvalue weighted by atomic mass is 19.1. The third-order valence-electron chi connectivity index (χ3n) is 3.83. The van der Waals surface area contributed by atoms with Crippen LogP contribution in [0.5, 0.6) is 0 Å². The molecule has 0 bridgehead atoms. The molecule has 1 aromatic rings. The summed E-state index contributed by atoms with van der Waals surface area (Å²) in [4.78, 5) is 0. The SMILES string of the molecule is CCC(C)(CNC(C)(C)C)Cc1cc(F)ccc1C. The van der Waals surface area contributed by atoms with Crippen molar-refractivity contribution in [3.05, 3.63) is 35.1 Å². The van der Waals surface area contributed by atoms with Crippen molar-refractivity contribution in [3.8, 4) is 0 Å². The van der Waals surface area contributed by atoms with Gasteiger partial charge in [0.1, 0.15) is 5.82 Å². The first-order valence-electron chi connectivity index (χ1n) is 7.15. The second-order valence-corrected chi connectivity index (χ2v) is 7.02. The molecule has 0 aliphatic rings. The monoisotopic (exact) mass is 265 g/mol. The number of hydrogen-bond donors (Lipinski definition) is 1. The van der Waals surface area contributed by atoms with E-state index >= 15 is 0 Å². The van der Waals surface area contributed by atoms with Gasteiger partial charge in [-0.1, -0.05) is 19.9 Å². The molecule has 0 aliphatic carbocycles. The Kier molecular flexibility index (Phi) is 5.14. The highest BCUT2D eigenvalue weighted by Gasteiger charge is 2.25. The van der Waals surface area contributed by atoms with Gasteiger partial charge < -0.3 is 5.32 Å². The number of halogens is 1. The Morgan fingerprint density at radius 3 is 2.32 bits per heavy atom. The van der Waals surface area contributed by atoms with Crippen molar-refractivity contribution >= 4 is 0 Å². The molecule has 0 radical (unpaired) electrons. The summed E-state index contributed by atoms with van der Waals surface area (Å²) >= 11 is 0. The summed E-state index contributed by atoms with van der Waals surface area (Å²) in [5.41, 5.74) is 2.58. The van der Waals surface area contributed by atoms with Crippen molar-refractivity contribution in [2.24, 2.45) is 5.41 Å². The minimum absolute atomic E-state index is 0.118. The standard InChI is InChI=1S/C17H28FN/c1-7-17(6,12-19-16(3,4)5)11-14-10-15(18)9-8-13(14)2/h8-10,19H,7,11-12H2,1-6H3. The Morgan fingerprint density at radius 1 is 1.16 bits per heavy atom. The van der Waals surface area contributed by atoms with E-state index < -0.39 is 0 Å². The van der Waals surface area contributed by atoms with Gasteiger partial charge in [0.25, 0.3) is 0 Å². The van der Waals surface area contributed by atoms with E-state index in [0.29, 0.717) is 0 Å². The largest absolute Gasteiger partial charge is 0.312 e. The average Bonchev–Trinajstić information content (AvgIpc) is 2.31. The second-order valence-electron chi connectivity index (χ2n) is 7.02. The summed E-state index contributed by atoms with van der Waals surface area (Å²) in [7, 11) is 0. The minimum Gasteiger partial charge on any atom is -0.312 e. The first kappa shape index (κ1) is 16.2. The van der Waals surface area contributed by atoms with Gasteiger partial charge in [-0.15, -0.1) is 0 Å². The first-order chi connectivity index (χ1) is 8.65. The van der Waals surface area contributed by atoms with Gasteiger partial charge in [-0.05, 0) is 69.2 Å². The fourth-order valence-electron chi connectivity index (χ4n) is 2.08. The molecule has 0 saturated heterocycles. The zero-order valence-electron chi connectivity index (χ0n) is 13.2. The van der Waals surface area contributed by atoms with E-state index in [4.69, 9.17) is 0 Å². The summed E-state index contributed by atoms with van der Waals surface area (Å²) in [6.45, 7) is 14.0. The molecule has 1 aromatic carbocycles. The highest BCUT2D eigenvalue weighted by Crippen LogP contribution is 2.28. The lowest BCUT2D eigenvalue weighted by molar-refractivity contribution is 0.254. The van der Waals surface area contributed by atoms with E-state index in [-0.39, 0.29) is 16.8 Å². The Morgan fingerprint density at radius 2 is 1.79 bits per heavy atom. The number of benzene rings is 1. The van der Waals surface area contributed by atoms with Crippen LogP contribution in [0.15, 0.2) is 18.2 Å². The van der Waals surface area contributed by atoms with Gasteiger partial charge in [0, 0.05) is 12.1 Å². The molecule has 0 heterocycles. The maximum absolute atomic E-state index is 13.4. The number of hydrogen-bond acceptors (Lipinski definition) is 1. The van der Waals surface area contributed by atoms with Gasteiger partial charge >= 0.3 is 0 Å². The fraction of sp³-hybridized carbons (Fsp3) is 0.647. The highest BCUT2D eigenvalue weighted by molar-refractivity contribution is 5.27. The van der Waals surface area contributed by atoms with E-state index in [1.165, 1.54) is 11.6 Å². The predicted octanol–water partition coefficient (Wildman–Crippen LogP) is 4.48. The molecule has 2 heteroatoms. The predicted molar refractivity (Wildman–Crippen MR) is 81.0 cm³/mol. The summed E-state index contributed by atoms with van der Waals surface area (Å²) in [5, 5.41) is 3.57. The molecule has 1 atom stereocenters. The quantitative estimate of drug-likeness (QED) is 0.827. The van der Waals surface area contributed by atoms with Gasteiger partial charge in [0.15, 0.2) is 0 Å². The molecule has 1 unspecified atom stereocenters. The van der Waals surface area contributed by atoms with E-state index in [1.807, 2.05) is 6.07 Å². The van der Waals surface area contributed by atoms with E-state index in [0.717, 1.165) is 24.9 Å². The molecule has 0 fully saturated rings. The van der Waals surface area contributed by atoms with Crippen LogP contribution < -0.4 is 5.32 Å². The lowest BCUT2D eigenvalue weighted by Gasteiger charge is -2.33. The molecule has 1 nitrogen and oxygen atoms in total. The molecule has 1 rings (SSSR count). The second kappa shape index (κ2) is 6.04. The number of rotatable bonds is 5. The average molecular weight is 265 g/mol. The maximum Gasteiger partial charge on any atom is 0.123 e. The Balaban J connectivity index is 2.82. The van der Waals surface area contributed by atoms with Crippen molar-refractivity contribution in [2.45, 2.75) is 59.9 Å². The van der Waals surface area contributed by atoms with Crippen molar-refractivity contribution in [2.75, 3.05) is 6.54 Å². The van der Waals surface area contributed by atoms with Crippen molar-refractivity contribution < 1.29 is 4.39 Å². The fourth-order valence-corrected chi connectivity index (χ4v) is 2.08. The van der Waals surface area contributed by atoms with Crippen LogP contribution in [0.25, 0.3) is 0 Å². The molecule has 108 valence electrons. The lowest BCUT2D eigenvalue weighted by atomic mass is 9.79. The molecule has 0 aromatic heterocycles. The van der Waals surface area contributed by atoms with Gasteiger partial charge in [-0.2, -0.15) is 0 Å². The van der Waals surface area contributed by atoms with Gasteiger partial charge in [0.2, 0.25) is 0 Å². The van der Waals surface area contributed by atoms with Crippen molar-refractivity contribution in [3.63, 3.8) is 0 Å². The number of aryl methyl sites for hydroxylation is 1. The normalized spacial score (nSPS) is 15.3. The minimum atomic E-state index is -0.136. The molecule has 19 heavy (non-hydrogen) atoms. The zero-order valence-corrected chi connectivity index (χ0v) is 13.2. The van der Waals surface area contributed by atoms with Crippen molar-refractivity contribution in [1.82, 2.24) is 5.32 Å². The zero-order chi connectivity index (χ0) is 14.7. The summed E-state index contributed by atoms with van der Waals surface area (Å²) in [6.07, 6.45) is 1.99. The molecular weight excluding hydrogens is 237 g/mol. The molecule has 1 N–H and O–H groups in total. The summed E-state index contributed by atoms with van der Waals surface area (Å²) < 4.78 is 13.4. The third kappa shape index (κ3) is 5.32. The summed E-state index contributed by atoms with van der Waals surface area (Å²) in [6, 6.07) is 5.09. The summed E-state index contributed by atoms with van der Waals surface area (Å²) in [5.74, 6) is -0.136. The van der Waals surface area contributed by atoms with Gasteiger partial charge in [-0.3, -0.25) is 0 Å². The Bertz CT molecular complexity index is 420. The molecule has 0 spiro atoms. The molecule has 0 amide bonds. The smallest absolute Gasteiger partial charge is 0.123 e. The van der Waals surface area contributed by atoms with Crippen LogP contribution >= 0.6 is 0 Å². The van der Waals surface area contributed by atoms with Gasteiger partial charge in [-0.25, -0.2) is 4.39 Å². The van der Waals surface area contributed by atoms with Gasteiger partial charge in [0.05, 0.1) is 0 Å². The Labute approximate surface area is 117 Å². The van der Waals surface area contributed by atoms with Crippen molar-refractivity contribution in [1.29, 1.82) is 0 Å². The van der Waals surface area contributed by atoms with E-state index in [9.17, 15) is 4.39 Å². The van der Waals surface area contributed by atoms with E-state index in [2.05, 4.69) is 46.9 Å². The molecule has 0 saturated carbocycles. The van der Waals surface area contributed by atoms with Crippen LogP contribution in [0, 0.1) is 18.2 Å². The van der Waals surface area contributed by atoms with Crippen LogP contribution in [0.2, 0.25) is 0 Å². The van der Waals surface area contributed by atoms with Crippen LogP contribution in [0.4, 0.5) is 4.39 Å². The Hall–Kier alpha value is -0.890. The van der Waals surface area contributed by atoms with E-state index in [1.54, 1.807) is 6.07 Å². The topological polar surface area (TPSA) is 12.0 Å². The lowest BCUT2D eigenvalue weighted by Crippen LogP contribution is -2.43. The first-order valence-corrected chi connectivity index (χ1v) is 7.15. The molecule has 0 aliphatic heterocycles. The van der Waals surface area contributed by atoms with Crippen LogP contribution in [-0.2, 0) is 6.42 Å². The maximum atomic E-state index is 13.4.